The molecule has 4 rings (SSSR count). The van der Waals surface area contributed by atoms with Crippen molar-refractivity contribution in [1.29, 1.82) is 0 Å². The Balaban J connectivity index is 1.48. The molecule has 0 saturated carbocycles. The van der Waals surface area contributed by atoms with Crippen LogP contribution in [-0.4, -0.2) is 70.0 Å². The minimum absolute atomic E-state index is 0.0419. The molecule has 4 heterocycles. The molecule has 2 aromatic rings. The van der Waals surface area contributed by atoms with Gasteiger partial charge in [-0.05, 0) is 25.0 Å². The summed E-state index contributed by atoms with van der Waals surface area (Å²) in [5.41, 5.74) is 0.728. The average Bonchev–Trinajstić information content (AvgIpc) is 3.09. The van der Waals surface area contributed by atoms with Crippen LogP contribution in [0.5, 0.6) is 0 Å². The highest BCUT2D eigenvalue weighted by Gasteiger charge is 2.30. The predicted octanol–water partition coefficient (Wildman–Crippen LogP) is 0.200. The number of nitrogens with zero attached hydrogens (tertiary/aromatic N) is 6. The molecule has 2 aliphatic rings. The number of piperidine rings is 1. The van der Waals surface area contributed by atoms with Crippen LogP contribution in [0.1, 0.15) is 12.8 Å². The van der Waals surface area contributed by atoms with E-state index in [1.165, 1.54) is 0 Å². The largest absolute Gasteiger partial charge is 0.378 e. The highest BCUT2D eigenvalue weighted by atomic mass is 16.5. The quantitative estimate of drug-likeness (QED) is 0.788. The standard InChI is InChI=1S/C15H20N6O2/c22-15(19-6-8-23-9-7-19)12-2-1-5-20(10-12)14-4-3-13-17-16-11-21(13)18-14/h3-4,11-12H,1-2,5-10H2/t12-/m1/s1. The Bertz CT molecular complexity index is 696. The SMILES string of the molecule is O=C([C@@H]1CCCN(c2ccc3nncn3n2)C1)N1CCOCC1. The first-order valence-corrected chi connectivity index (χ1v) is 8.10. The molecule has 122 valence electrons. The summed E-state index contributed by atoms with van der Waals surface area (Å²) in [5, 5.41) is 12.4. The molecule has 0 bridgehead atoms. The van der Waals surface area contributed by atoms with Crippen molar-refractivity contribution in [1.82, 2.24) is 24.7 Å². The molecule has 2 fully saturated rings. The van der Waals surface area contributed by atoms with E-state index >= 15 is 0 Å². The Kier molecular flexibility index (Phi) is 3.82. The summed E-state index contributed by atoms with van der Waals surface area (Å²) < 4.78 is 7.00. The molecule has 0 N–H and O–H groups in total. The summed E-state index contributed by atoms with van der Waals surface area (Å²) in [4.78, 5) is 16.8. The fourth-order valence-electron chi connectivity index (χ4n) is 3.32. The summed E-state index contributed by atoms with van der Waals surface area (Å²) in [6, 6.07) is 3.86. The Morgan fingerprint density at radius 2 is 2.09 bits per heavy atom. The van der Waals surface area contributed by atoms with E-state index in [0.29, 0.717) is 26.3 Å². The number of amides is 1. The van der Waals surface area contributed by atoms with Crippen LogP contribution in [0.3, 0.4) is 0 Å². The van der Waals surface area contributed by atoms with Crippen molar-refractivity contribution >= 4 is 17.4 Å². The number of hydrogen-bond donors (Lipinski definition) is 0. The fourth-order valence-corrected chi connectivity index (χ4v) is 3.32. The molecule has 0 radical (unpaired) electrons. The topological polar surface area (TPSA) is 75.9 Å². The highest BCUT2D eigenvalue weighted by Crippen LogP contribution is 2.23. The predicted molar refractivity (Wildman–Crippen MR) is 83.1 cm³/mol. The normalized spacial score (nSPS) is 22.5. The van der Waals surface area contributed by atoms with Gasteiger partial charge >= 0.3 is 0 Å². The number of ether oxygens (including phenoxy) is 1. The van der Waals surface area contributed by atoms with Gasteiger partial charge in [0.05, 0.1) is 19.1 Å². The summed E-state index contributed by atoms with van der Waals surface area (Å²) in [7, 11) is 0. The van der Waals surface area contributed by atoms with Gasteiger partial charge in [-0.25, -0.2) is 0 Å². The molecule has 2 saturated heterocycles. The number of carbonyl (C=O) groups is 1. The average molecular weight is 316 g/mol. The van der Waals surface area contributed by atoms with Crippen LogP contribution in [-0.2, 0) is 9.53 Å². The molecule has 1 atom stereocenters. The number of aromatic nitrogens is 4. The van der Waals surface area contributed by atoms with E-state index in [0.717, 1.165) is 37.4 Å². The van der Waals surface area contributed by atoms with Gasteiger partial charge in [-0.2, -0.15) is 4.52 Å². The van der Waals surface area contributed by atoms with Crippen LogP contribution in [0.25, 0.3) is 5.65 Å². The zero-order chi connectivity index (χ0) is 15.6. The smallest absolute Gasteiger partial charge is 0.227 e. The molecular weight excluding hydrogens is 296 g/mol. The van der Waals surface area contributed by atoms with Crippen molar-refractivity contribution in [3.63, 3.8) is 0 Å². The van der Waals surface area contributed by atoms with E-state index in [9.17, 15) is 4.79 Å². The lowest BCUT2D eigenvalue weighted by atomic mass is 9.96. The van der Waals surface area contributed by atoms with E-state index in [-0.39, 0.29) is 11.8 Å². The second kappa shape index (κ2) is 6.11. The van der Waals surface area contributed by atoms with Crippen molar-refractivity contribution in [2.24, 2.45) is 5.92 Å². The lowest BCUT2D eigenvalue weighted by Gasteiger charge is -2.36. The second-order valence-electron chi connectivity index (χ2n) is 6.05. The number of morpholine rings is 1. The van der Waals surface area contributed by atoms with Crippen molar-refractivity contribution in [2.45, 2.75) is 12.8 Å². The van der Waals surface area contributed by atoms with Crippen LogP contribution < -0.4 is 4.90 Å². The van der Waals surface area contributed by atoms with Crippen LogP contribution in [0, 0.1) is 5.92 Å². The van der Waals surface area contributed by atoms with Gasteiger partial charge in [0.15, 0.2) is 5.65 Å². The van der Waals surface area contributed by atoms with Crippen LogP contribution >= 0.6 is 0 Å². The highest BCUT2D eigenvalue weighted by molar-refractivity contribution is 5.79. The summed E-state index contributed by atoms with van der Waals surface area (Å²) in [6.45, 7) is 4.35. The van der Waals surface area contributed by atoms with Crippen molar-refractivity contribution < 1.29 is 9.53 Å². The number of anilines is 1. The van der Waals surface area contributed by atoms with E-state index < -0.39 is 0 Å². The van der Waals surface area contributed by atoms with Crippen LogP contribution in [0.15, 0.2) is 18.5 Å². The number of hydrogen-bond acceptors (Lipinski definition) is 6. The minimum atomic E-state index is 0.0419. The van der Waals surface area contributed by atoms with Gasteiger partial charge in [-0.1, -0.05) is 0 Å². The van der Waals surface area contributed by atoms with E-state index in [4.69, 9.17) is 4.74 Å². The zero-order valence-corrected chi connectivity index (χ0v) is 13.0. The molecule has 0 aromatic carbocycles. The van der Waals surface area contributed by atoms with Gasteiger partial charge in [-0.15, -0.1) is 15.3 Å². The van der Waals surface area contributed by atoms with Gasteiger partial charge in [0.25, 0.3) is 0 Å². The molecule has 1 amide bonds. The van der Waals surface area contributed by atoms with Crippen molar-refractivity contribution in [3.05, 3.63) is 18.5 Å². The minimum Gasteiger partial charge on any atom is -0.378 e. The first-order chi connectivity index (χ1) is 11.3. The molecule has 0 unspecified atom stereocenters. The van der Waals surface area contributed by atoms with Crippen molar-refractivity contribution in [3.8, 4) is 0 Å². The maximum absolute atomic E-state index is 12.7. The van der Waals surface area contributed by atoms with Crippen molar-refractivity contribution in [2.75, 3.05) is 44.3 Å². The van der Waals surface area contributed by atoms with E-state index in [1.54, 1.807) is 10.8 Å². The Labute approximate surface area is 134 Å². The third-order valence-corrected chi connectivity index (χ3v) is 4.56. The molecule has 0 aliphatic carbocycles. The van der Waals surface area contributed by atoms with E-state index in [2.05, 4.69) is 20.2 Å². The first kappa shape index (κ1) is 14.4. The zero-order valence-electron chi connectivity index (χ0n) is 13.0. The maximum Gasteiger partial charge on any atom is 0.227 e. The molecule has 2 aliphatic heterocycles. The summed E-state index contributed by atoms with van der Waals surface area (Å²) in [5.74, 6) is 1.17. The third-order valence-electron chi connectivity index (χ3n) is 4.56. The Hall–Kier alpha value is -2.22. The van der Waals surface area contributed by atoms with Gasteiger partial charge in [0.2, 0.25) is 5.91 Å². The van der Waals surface area contributed by atoms with E-state index in [1.807, 2.05) is 17.0 Å². The molecule has 23 heavy (non-hydrogen) atoms. The summed E-state index contributed by atoms with van der Waals surface area (Å²) >= 11 is 0. The van der Waals surface area contributed by atoms with Crippen LogP contribution in [0.4, 0.5) is 5.82 Å². The second-order valence-corrected chi connectivity index (χ2v) is 6.05. The molecule has 0 spiro atoms. The number of fused-ring (bicyclic) bond motifs is 1. The first-order valence-electron chi connectivity index (χ1n) is 8.10. The summed E-state index contributed by atoms with van der Waals surface area (Å²) in [6.07, 6.45) is 3.54. The molecule has 8 heteroatoms. The third kappa shape index (κ3) is 2.86. The van der Waals surface area contributed by atoms with Gasteiger partial charge in [0, 0.05) is 26.2 Å². The van der Waals surface area contributed by atoms with Gasteiger partial charge in [0.1, 0.15) is 12.1 Å². The van der Waals surface area contributed by atoms with Gasteiger partial charge < -0.3 is 14.5 Å². The van der Waals surface area contributed by atoms with Crippen LogP contribution in [0.2, 0.25) is 0 Å². The Morgan fingerprint density at radius 3 is 2.96 bits per heavy atom. The molecular formula is C15H20N6O2. The Morgan fingerprint density at radius 1 is 1.22 bits per heavy atom. The number of carbonyl (C=O) groups excluding carboxylic acids is 1. The fraction of sp³-hybridized carbons (Fsp3) is 0.600. The molecule has 2 aromatic heterocycles. The lowest BCUT2D eigenvalue weighted by Crippen LogP contribution is -2.48. The lowest BCUT2D eigenvalue weighted by molar-refractivity contribution is -0.139. The maximum atomic E-state index is 12.7. The number of rotatable bonds is 2. The molecule has 8 nitrogen and oxygen atoms in total. The monoisotopic (exact) mass is 316 g/mol. The van der Waals surface area contributed by atoms with Gasteiger partial charge in [-0.3, -0.25) is 4.79 Å².